The second kappa shape index (κ2) is 5.20. The van der Waals surface area contributed by atoms with Gasteiger partial charge in [0.1, 0.15) is 5.82 Å². The number of hydrogen-bond donors (Lipinski definition) is 0. The van der Waals surface area contributed by atoms with Gasteiger partial charge in [-0.15, -0.1) is 0 Å². The molecule has 0 aliphatic carbocycles. The molecule has 0 unspecified atom stereocenters. The molecule has 2 heteroatoms. The van der Waals surface area contributed by atoms with E-state index in [0.717, 1.165) is 5.56 Å². The van der Waals surface area contributed by atoms with Crippen molar-refractivity contribution in [2.45, 2.75) is 33.1 Å². The first-order valence-electron chi connectivity index (χ1n) is 6.70. The third-order valence-corrected chi connectivity index (χ3v) is 3.42. The van der Waals surface area contributed by atoms with E-state index in [1.54, 1.807) is 6.07 Å². The Morgan fingerprint density at radius 2 is 1.60 bits per heavy atom. The van der Waals surface area contributed by atoms with Gasteiger partial charge in [-0.25, -0.2) is 4.39 Å². The van der Waals surface area contributed by atoms with Crippen LogP contribution < -0.4 is 0 Å². The van der Waals surface area contributed by atoms with E-state index in [-0.39, 0.29) is 17.0 Å². The molecule has 0 atom stereocenters. The molecule has 0 heterocycles. The average molecular weight is 270 g/mol. The van der Waals surface area contributed by atoms with Crippen LogP contribution in [-0.2, 0) is 5.41 Å². The largest absolute Gasteiger partial charge is 0.294 e. The molecule has 0 spiro atoms. The molecule has 0 saturated heterocycles. The molecule has 2 aromatic rings. The van der Waals surface area contributed by atoms with E-state index < -0.39 is 0 Å². The van der Waals surface area contributed by atoms with Crippen molar-refractivity contribution in [2.24, 2.45) is 0 Å². The summed E-state index contributed by atoms with van der Waals surface area (Å²) in [6, 6.07) is 12.2. The second-order valence-electron chi connectivity index (χ2n) is 6.07. The van der Waals surface area contributed by atoms with Gasteiger partial charge in [0.15, 0.2) is 5.78 Å². The summed E-state index contributed by atoms with van der Waals surface area (Å²) < 4.78 is 13.5. The van der Waals surface area contributed by atoms with E-state index in [0.29, 0.717) is 11.1 Å². The maximum absolute atomic E-state index is 13.5. The fraction of sp³-hybridized carbons (Fsp3) is 0.278. The van der Waals surface area contributed by atoms with Crippen LogP contribution in [0.4, 0.5) is 4.39 Å². The Labute approximate surface area is 119 Å². The molecule has 0 fully saturated rings. The van der Waals surface area contributed by atoms with Gasteiger partial charge < -0.3 is 0 Å². The number of hydrogen-bond acceptors (Lipinski definition) is 1. The number of carbonyl (C=O) groups is 1. The third-order valence-electron chi connectivity index (χ3n) is 3.42. The van der Waals surface area contributed by atoms with Crippen molar-refractivity contribution in [1.29, 1.82) is 0 Å². The number of ketones is 1. The summed E-state index contributed by atoms with van der Waals surface area (Å²) in [5.74, 6) is -0.384. The van der Waals surface area contributed by atoms with E-state index in [4.69, 9.17) is 0 Å². The van der Waals surface area contributed by atoms with Crippen LogP contribution >= 0.6 is 0 Å². The number of Topliss-reactive ketones (excluding diaryl/α,β-unsaturated/α-hetero) is 1. The van der Waals surface area contributed by atoms with Gasteiger partial charge in [-0.3, -0.25) is 4.79 Å². The maximum Gasteiger partial charge on any atom is 0.160 e. The minimum Gasteiger partial charge on any atom is -0.294 e. The molecule has 104 valence electrons. The fourth-order valence-corrected chi connectivity index (χ4v) is 2.21. The summed E-state index contributed by atoms with van der Waals surface area (Å²) >= 11 is 0. The van der Waals surface area contributed by atoms with Gasteiger partial charge in [-0.05, 0) is 47.2 Å². The lowest BCUT2D eigenvalue weighted by Gasteiger charge is -2.19. The number of carbonyl (C=O) groups excluding carboxylic acids is 1. The summed E-state index contributed by atoms with van der Waals surface area (Å²) in [6.45, 7) is 7.93. The minimum atomic E-state index is -0.329. The molecule has 0 aromatic heterocycles. The van der Waals surface area contributed by atoms with E-state index >= 15 is 0 Å². The zero-order chi connectivity index (χ0) is 14.9. The Morgan fingerprint density at radius 1 is 1.00 bits per heavy atom. The van der Waals surface area contributed by atoms with Crippen LogP contribution in [0.15, 0.2) is 42.5 Å². The van der Waals surface area contributed by atoms with Crippen LogP contribution in [0.5, 0.6) is 0 Å². The molecule has 0 radical (unpaired) electrons. The lowest BCUT2D eigenvalue weighted by molar-refractivity contribution is 0.101. The molecule has 0 aliphatic rings. The SMILES string of the molecule is CC(=O)c1ccc(F)cc1-c1ccc(C(C)(C)C)cc1. The zero-order valence-corrected chi connectivity index (χ0v) is 12.3. The first-order valence-corrected chi connectivity index (χ1v) is 6.70. The molecule has 2 rings (SSSR count). The molecule has 0 amide bonds. The van der Waals surface area contributed by atoms with Crippen LogP contribution in [0.1, 0.15) is 43.6 Å². The minimum absolute atomic E-state index is 0.0557. The monoisotopic (exact) mass is 270 g/mol. The van der Waals surface area contributed by atoms with Crippen LogP contribution in [0, 0.1) is 5.82 Å². The Kier molecular flexibility index (Phi) is 3.76. The van der Waals surface area contributed by atoms with Crippen molar-refractivity contribution in [1.82, 2.24) is 0 Å². The van der Waals surface area contributed by atoms with Crippen LogP contribution in [0.3, 0.4) is 0 Å². The van der Waals surface area contributed by atoms with Crippen LogP contribution in [-0.4, -0.2) is 5.78 Å². The van der Waals surface area contributed by atoms with E-state index in [1.807, 2.05) is 24.3 Å². The van der Waals surface area contributed by atoms with Crippen molar-refractivity contribution >= 4 is 5.78 Å². The molecular weight excluding hydrogens is 251 g/mol. The van der Waals surface area contributed by atoms with Gasteiger partial charge in [0.2, 0.25) is 0 Å². The topological polar surface area (TPSA) is 17.1 Å². The van der Waals surface area contributed by atoms with Gasteiger partial charge in [0, 0.05) is 5.56 Å². The molecule has 0 aliphatic heterocycles. The highest BCUT2D eigenvalue weighted by Crippen LogP contribution is 2.28. The third kappa shape index (κ3) is 2.96. The van der Waals surface area contributed by atoms with Gasteiger partial charge in [-0.2, -0.15) is 0 Å². The highest BCUT2D eigenvalue weighted by molar-refractivity contribution is 6.00. The van der Waals surface area contributed by atoms with Crippen molar-refractivity contribution in [2.75, 3.05) is 0 Å². The summed E-state index contributed by atoms with van der Waals surface area (Å²) in [7, 11) is 0. The summed E-state index contributed by atoms with van der Waals surface area (Å²) in [4.78, 5) is 11.7. The predicted octanol–water partition coefficient (Wildman–Crippen LogP) is 4.99. The molecule has 2 aromatic carbocycles. The molecule has 0 saturated carbocycles. The van der Waals surface area contributed by atoms with Crippen molar-refractivity contribution in [3.8, 4) is 11.1 Å². The van der Waals surface area contributed by atoms with Crippen molar-refractivity contribution in [3.05, 3.63) is 59.4 Å². The van der Waals surface area contributed by atoms with Gasteiger partial charge in [0.05, 0.1) is 0 Å². The number of rotatable bonds is 2. The quantitative estimate of drug-likeness (QED) is 0.702. The van der Waals surface area contributed by atoms with Gasteiger partial charge >= 0.3 is 0 Å². The van der Waals surface area contributed by atoms with Gasteiger partial charge in [-0.1, -0.05) is 45.0 Å². The lowest BCUT2D eigenvalue weighted by atomic mass is 9.86. The number of benzene rings is 2. The molecule has 0 bridgehead atoms. The fourth-order valence-electron chi connectivity index (χ4n) is 2.21. The Morgan fingerprint density at radius 3 is 2.10 bits per heavy atom. The Bertz CT molecular complexity index is 633. The Balaban J connectivity index is 2.52. The Hall–Kier alpha value is -1.96. The standard InChI is InChI=1S/C18H19FO/c1-12(20)16-10-9-15(19)11-17(16)13-5-7-14(8-6-13)18(2,3)4/h5-11H,1-4H3. The molecule has 20 heavy (non-hydrogen) atoms. The summed E-state index contributed by atoms with van der Waals surface area (Å²) in [6.07, 6.45) is 0. The van der Waals surface area contributed by atoms with Crippen LogP contribution in [0.25, 0.3) is 11.1 Å². The van der Waals surface area contributed by atoms with E-state index in [9.17, 15) is 9.18 Å². The normalized spacial score (nSPS) is 11.4. The lowest BCUT2D eigenvalue weighted by Crippen LogP contribution is -2.10. The molecule has 1 nitrogen and oxygen atoms in total. The smallest absolute Gasteiger partial charge is 0.160 e. The second-order valence-corrected chi connectivity index (χ2v) is 6.07. The highest BCUT2D eigenvalue weighted by atomic mass is 19.1. The summed E-state index contributed by atoms with van der Waals surface area (Å²) in [5, 5.41) is 0. The van der Waals surface area contributed by atoms with E-state index in [2.05, 4.69) is 20.8 Å². The average Bonchev–Trinajstić information content (AvgIpc) is 2.37. The van der Waals surface area contributed by atoms with Crippen LogP contribution in [0.2, 0.25) is 0 Å². The zero-order valence-electron chi connectivity index (χ0n) is 12.3. The van der Waals surface area contributed by atoms with Crippen molar-refractivity contribution in [3.63, 3.8) is 0 Å². The highest BCUT2D eigenvalue weighted by Gasteiger charge is 2.15. The van der Waals surface area contributed by atoms with Crippen molar-refractivity contribution < 1.29 is 9.18 Å². The summed E-state index contributed by atoms with van der Waals surface area (Å²) in [5.41, 5.74) is 3.35. The molecular formula is C18H19FO. The first kappa shape index (κ1) is 14.4. The maximum atomic E-state index is 13.5. The predicted molar refractivity (Wildman–Crippen MR) is 80.5 cm³/mol. The molecule has 0 N–H and O–H groups in total. The van der Waals surface area contributed by atoms with E-state index in [1.165, 1.54) is 24.6 Å². The van der Waals surface area contributed by atoms with Gasteiger partial charge in [0.25, 0.3) is 0 Å². The number of halogens is 1. The first-order chi connectivity index (χ1) is 9.29.